The first-order valence-electron chi connectivity index (χ1n) is 10.3. The highest BCUT2D eigenvalue weighted by molar-refractivity contribution is 5.98. The SMILES string of the molecule is CNC(=O)C(C)(C)c1ccc(CCC2(C3CCCC3)CC(=O)CC(=O)O2)cc1. The van der Waals surface area contributed by atoms with Gasteiger partial charge in [0.05, 0.1) is 5.41 Å². The van der Waals surface area contributed by atoms with Crippen molar-refractivity contribution in [1.82, 2.24) is 5.32 Å². The third-order valence-electron chi connectivity index (χ3n) is 6.56. The van der Waals surface area contributed by atoms with Crippen LogP contribution in [-0.2, 0) is 31.0 Å². The number of cyclic esters (lactones) is 1. The molecule has 1 N–H and O–H groups in total. The Morgan fingerprint density at radius 1 is 1.18 bits per heavy atom. The molecule has 0 bridgehead atoms. The van der Waals surface area contributed by atoms with Crippen LogP contribution in [0.15, 0.2) is 24.3 Å². The molecule has 1 heterocycles. The number of ether oxygens (including phenoxy) is 1. The normalized spacial score (nSPS) is 23.5. The molecule has 1 amide bonds. The van der Waals surface area contributed by atoms with E-state index in [9.17, 15) is 14.4 Å². The van der Waals surface area contributed by atoms with Gasteiger partial charge in [-0.2, -0.15) is 0 Å². The van der Waals surface area contributed by atoms with Crippen molar-refractivity contribution in [3.63, 3.8) is 0 Å². The number of benzene rings is 1. The maximum Gasteiger partial charge on any atom is 0.313 e. The zero-order valence-electron chi connectivity index (χ0n) is 17.2. The number of esters is 1. The van der Waals surface area contributed by atoms with Gasteiger partial charge >= 0.3 is 5.97 Å². The van der Waals surface area contributed by atoms with Crippen molar-refractivity contribution < 1.29 is 19.1 Å². The maximum atomic E-state index is 12.2. The summed E-state index contributed by atoms with van der Waals surface area (Å²) in [7, 11) is 1.65. The molecule has 1 unspecified atom stereocenters. The molecule has 2 fully saturated rings. The fourth-order valence-corrected chi connectivity index (χ4v) is 4.77. The number of amides is 1. The smallest absolute Gasteiger partial charge is 0.313 e. The zero-order chi connectivity index (χ0) is 20.4. The van der Waals surface area contributed by atoms with Crippen LogP contribution >= 0.6 is 0 Å². The first-order chi connectivity index (χ1) is 13.3. The molecule has 0 aromatic heterocycles. The number of hydrogen-bond acceptors (Lipinski definition) is 4. The number of carbonyl (C=O) groups is 3. The zero-order valence-corrected chi connectivity index (χ0v) is 17.2. The van der Waals surface area contributed by atoms with Crippen molar-refractivity contribution in [3.8, 4) is 0 Å². The van der Waals surface area contributed by atoms with Crippen LogP contribution in [0.25, 0.3) is 0 Å². The summed E-state index contributed by atoms with van der Waals surface area (Å²) in [5.74, 6) is -0.100. The summed E-state index contributed by atoms with van der Waals surface area (Å²) in [5.41, 5.74) is 0.857. The van der Waals surface area contributed by atoms with Crippen molar-refractivity contribution in [3.05, 3.63) is 35.4 Å². The summed E-state index contributed by atoms with van der Waals surface area (Å²) >= 11 is 0. The van der Waals surface area contributed by atoms with Gasteiger partial charge in [0, 0.05) is 13.5 Å². The molecule has 1 saturated heterocycles. The second-order valence-corrected chi connectivity index (χ2v) is 8.81. The quantitative estimate of drug-likeness (QED) is 0.601. The van der Waals surface area contributed by atoms with Crippen molar-refractivity contribution in [1.29, 1.82) is 0 Å². The van der Waals surface area contributed by atoms with Gasteiger partial charge in [0.25, 0.3) is 0 Å². The average Bonchev–Trinajstić information content (AvgIpc) is 3.21. The lowest BCUT2D eigenvalue weighted by Gasteiger charge is -2.41. The van der Waals surface area contributed by atoms with Gasteiger partial charge in [-0.15, -0.1) is 0 Å². The third-order valence-corrected chi connectivity index (χ3v) is 6.56. The van der Waals surface area contributed by atoms with E-state index >= 15 is 0 Å². The summed E-state index contributed by atoms with van der Waals surface area (Å²) in [6.07, 6.45) is 6.02. The Balaban J connectivity index is 1.74. The Morgan fingerprint density at radius 3 is 2.39 bits per heavy atom. The summed E-state index contributed by atoms with van der Waals surface area (Å²) in [4.78, 5) is 36.3. The van der Waals surface area contributed by atoms with E-state index in [0.29, 0.717) is 12.8 Å². The number of aryl methyl sites for hydroxylation is 1. The number of Topliss-reactive ketones (excluding diaryl/α,β-unsaturated/α-hetero) is 1. The minimum absolute atomic E-state index is 0.00539. The van der Waals surface area contributed by atoms with Crippen LogP contribution in [0.4, 0.5) is 0 Å². The van der Waals surface area contributed by atoms with E-state index in [2.05, 4.69) is 5.32 Å². The van der Waals surface area contributed by atoms with Gasteiger partial charge in [-0.25, -0.2) is 0 Å². The third kappa shape index (κ3) is 4.13. The highest BCUT2D eigenvalue weighted by atomic mass is 16.6. The van der Waals surface area contributed by atoms with Gasteiger partial charge < -0.3 is 10.1 Å². The molecule has 5 nitrogen and oxygen atoms in total. The molecule has 1 aromatic carbocycles. The maximum absolute atomic E-state index is 12.2. The molecular weight excluding hydrogens is 354 g/mol. The molecule has 152 valence electrons. The Hall–Kier alpha value is -2.17. The summed E-state index contributed by atoms with van der Waals surface area (Å²) < 4.78 is 5.86. The van der Waals surface area contributed by atoms with Gasteiger partial charge in [0.1, 0.15) is 17.8 Å². The van der Waals surface area contributed by atoms with E-state index in [1.54, 1.807) is 7.05 Å². The first kappa shape index (κ1) is 20.6. The number of carbonyl (C=O) groups excluding carboxylic acids is 3. The lowest BCUT2D eigenvalue weighted by atomic mass is 9.76. The highest BCUT2D eigenvalue weighted by Gasteiger charge is 2.47. The van der Waals surface area contributed by atoms with E-state index in [0.717, 1.165) is 43.2 Å². The van der Waals surface area contributed by atoms with Gasteiger partial charge in [-0.05, 0) is 56.6 Å². The fourth-order valence-electron chi connectivity index (χ4n) is 4.77. The van der Waals surface area contributed by atoms with Gasteiger partial charge in [0.2, 0.25) is 5.91 Å². The van der Waals surface area contributed by atoms with Gasteiger partial charge in [-0.3, -0.25) is 14.4 Å². The van der Waals surface area contributed by atoms with E-state index in [4.69, 9.17) is 4.74 Å². The summed E-state index contributed by atoms with van der Waals surface area (Å²) in [5, 5.41) is 2.71. The topological polar surface area (TPSA) is 72.5 Å². The van der Waals surface area contributed by atoms with Gasteiger partial charge in [0.15, 0.2) is 0 Å². The Kier molecular flexibility index (Phi) is 5.92. The molecule has 28 heavy (non-hydrogen) atoms. The second-order valence-electron chi connectivity index (χ2n) is 8.81. The molecule has 0 spiro atoms. The Morgan fingerprint density at radius 2 is 1.82 bits per heavy atom. The number of hydrogen-bond donors (Lipinski definition) is 1. The van der Waals surface area contributed by atoms with Crippen LogP contribution in [0.3, 0.4) is 0 Å². The highest BCUT2D eigenvalue weighted by Crippen LogP contribution is 2.43. The van der Waals surface area contributed by atoms with E-state index < -0.39 is 11.0 Å². The van der Waals surface area contributed by atoms with Crippen LogP contribution in [0.2, 0.25) is 0 Å². The second kappa shape index (κ2) is 8.06. The van der Waals surface area contributed by atoms with Crippen LogP contribution < -0.4 is 5.32 Å². The predicted molar refractivity (Wildman–Crippen MR) is 107 cm³/mol. The summed E-state index contributed by atoms with van der Waals surface area (Å²) in [6, 6.07) is 8.05. The fraction of sp³-hybridized carbons (Fsp3) is 0.609. The number of likely N-dealkylation sites (N-methyl/N-ethyl adjacent to an activating group) is 1. The molecule has 1 aliphatic heterocycles. The molecule has 3 rings (SSSR count). The molecule has 1 saturated carbocycles. The number of ketones is 1. The average molecular weight is 386 g/mol. The van der Waals surface area contributed by atoms with Crippen LogP contribution in [-0.4, -0.2) is 30.3 Å². The molecule has 0 radical (unpaired) electrons. The number of nitrogens with one attached hydrogen (secondary N) is 1. The molecule has 2 aliphatic rings. The van der Waals surface area contributed by atoms with Crippen LogP contribution in [0.5, 0.6) is 0 Å². The first-order valence-corrected chi connectivity index (χ1v) is 10.3. The van der Waals surface area contributed by atoms with Crippen molar-refractivity contribution in [2.75, 3.05) is 7.05 Å². The van der Waals surface area contributed by atoms with Crippen LogP contribution in [0.1, 0.15) is 69.9 Å². The molecule has 1 aromatic rings. The lowest BCUT2D eigenvalue weighted by Crippen LogP contribution is -2.48. The van der Waals surface area contributed by atoms with E-state index in [1.807, 2.05) is 38.1 Å². The van der Waals surface area contributed by atoms with Crippen molar-refractivity contribution >= 4 is 17.7 Å². The Labute approximate surface area is 167 Å². The lowest BCUT2D eigenvalue weighted by molar-refractivity contribution is -0.178. The molecule has 1 aliphatic carbocycles. The van der Waals surface area contributed by atoms with Crippen molar-refractivity contribution in [2.24, 2.45) is 5.92 Å². The van der Waals surface area contributed by atoms with E-state index in [-0.39, 0.29) is 30.0 Å². The largest absolute Gasteiger partial charge is 0.458 e. The van der Waals surface area contributed by atoms with Crippen LogP contribution in [0, 0.1) is 5.92 Å². The van der Waals surface area contributed by atoms with E-state index in [1.165, 1.54) is 0 Å². The molecule has 1 atom stereocenters. The molecule has 5 heteroatoms. The minimum atomic E-state index is -0.636. The monoisotopic (exact) mass is 385 g/mol. The number of rotatable bonds is 6. The van der Waals surface area contributed by atoms with Gasteiger partial charge in [-0.1, -0.05) is 37.1 Å². The summed E-state index contributed by atoms with van der Waals surface area (Å²) in [6.45, 7) is 3.81. The van der Waals surface area contributed by atoms with Crippen molar-refractivity contribution in [2.45, 2.75) is 76.2 Å². The predicted octanol–water partition coefficient (Wildman–Crippen LogP) is 3.48. The Bertz CT molecular complexity index is 728. The minimum Gasteiger partial charge on any atom is -0.458 e. The molecular formula is C23H31NO4. The standard InChI is InChI=1S/C23H31NO4/c1-22(2,21(27)24-3)17-10-8-16(9-11-17)12-13-23(18-6-4-5-7-18)15-19(25)14-20(26)28-23/h8-11,18H,4-7,12-15H2,1-3H3,(H,24,27).